The van der Waals surface area contributed by atoms with E-state index in [1.54, 1.807) is 7.11 Å². The molecule has 0 spiro atoms. The van der Waals surface area contributed by atoms with Gasteiger partial charge in [0.05, 0.1) is 23.4 Å². The van der Waals surface area contributed by atoms with E-state index in [0.717, 1.165) is 43.7 Å². The van der Waals surface area contributed by atoms with E-state index in [-0.39, 0.29) is 18.1 Å². The van der Waals surface area contributed by atoms with Crippen LogP contribution < -0.4 is 10.6 Å². The molecule has 2 aliphatic heterocycles. The van der Waals surface area contributed by atoms with Crippen LogP contribution in [0.4, 0.5) is 5.69 Å². The summed E-state index contributed by atoms with van der Waals surface area (Å²) in [5.74, 6) is -0.0106. The average molecular weight is 289 g/mol. The molecule has 0 aromatic heterocycles. The number of aryl methyl sites for hydroxylation is 1. The third-order valence-electron chi connectivity index (χ3n) is 4.39. The quantitative estimate of drug-likeness (QED) is 0.875. The summed E-state index contributed by atoms with van der Waals surface area (Å²) in [6.45, 7) is 2.61. The Labute approximate surface area is 125 Å². The Morgan fingerprint density at radius 2 is 2.29 bits per heavy atom. The average Bonchev–Trinajstić information content (AvgIpc) is 2.86. The number of rotatable bonds is 3. The van der Waals surface area contributed by atoms with Crippen LogP contribution in [0.2, 0.25) is 0 Å². The molecule has 1 amide bonds. The Balaban J connectivity index is 1.77. The van der Waals surface area contributed by atoms with Crippen LogP contribution in [0.25, 0.3) is 0 Å². The molecule has 1 fully saturated rings. The highest BCUT2D eigenvalue weighted by Crippen LogP contribution is 2.26. The highest BCUT2D eigenvalue weighted by atomic mass is 16.5. The van der Waals surface area contributed by atoms with Gasteiger partial charge in [-0.1, -0.05) is 12.1 Å². The number of amides is 1. The number of likely N-dealkylation sites (N-methyl/N-ethyl adjacent to an activating group) is 1. The fourth-order valence-electron chi connectivity index (χ4n) is 3.28. The Bertz CT molecular complexity index is 532. The van der Waals surface area contributed by atoms with Crippen molar-refractivity contribution in [3.8, 4) is 0 Å². The SMILES string of the molecule is CO[C@H]1CN(C)C[C@@H]1NC(=O)c1cccc2c1NCCC2. The summed E-state index contributed by atoms with van der Waals surface area (Å²) in [6, 6.07) is 6.01. The second-order valence-electron chi connectivity index (χ2n) is 5.95. The van der Waals surface area contributed by atoms with Crippen molar-refractivity contribution in [3.63, 3.8) is 0 Å². The number of ether oxygens (including phenoxy) is 1. The van der Waals surface area contributed by atoms with Gasteiger partial charge in [0.2, 0.25) is 0 Å². The number of anilines is 1. The minimum Gasteiger partial charge on any atom is -0.384 e. The third-order valence-corrected chi connectivity index (χ3v) is 4.39. The van der Waals surface area contributed by atoms with Gasteiger partial charge in [0.15, 0.2) is 0 Å². The molecule has 2 atom stereocenters. The number of nitrogens with zero attached hydrogens (tertiary/aromatic N) is 1. The van der Waals surface area contributed by atoms with Crippen molar-refractivity contribution in [1.82, 2.24) is 10.2 Å². The Morgan fingerprint density at radius 3 is 3.10 bits per heavy atom. The molecule has 1 saturated heterocycles. The summed E-state index contributed by atoms with van der Waals surface area (Å²) < 4.78 is 5.47. The molecule has 5 heteroatoms. The first-order valence-corrected chi connectivity index (χ1v) is 7.57. The highest BCUT2D eigenvalue weighted by molar-refractivity contribution is 6.00. The molecule has 0 radical (unpaired) electrons. The van der Waals surface area contributed by atoms with Crippen LogP contribution in [0.5, 0.6) is 0 Å². The van der Waals surface area contributed by atoms with Crippen LogP contribution in [0.3, 0.4) is 0 Å². The fourth-order valence-corrected chi connectivity index (χ4v) is 3.28. The molecule has 0 unspecified atom stereocenters. The van der Waals surface area contributed by atoms with Crippen LogP contribution in [0.1, 0.15) is 22.3 Å². The molecule has 1 aromatic carbocycles. The molecule has 2 aliphatic rings. The number of fused-ring (bicyclic) bond motifs is 1. The molecule has 1 aromatic rings. The van der Waals surface area contributed by atoms with Gasteiger partial charge in [0.25, 0.3) is 5.91 Å². The van der Waals surface area contributed by atoms with E-state index in [4.69, 9.17) is 4.74 Å². The zero-order chi connectivity index (χ0) is 14.8. The minimum absolute atomic E-state index is 0.0106. The van der Waals surface area contributed by atoms with E-state index in [9.17, 15) is 4.79 Å². The molecule has 2 heterocycles. The van der Waals surface area contributed by atoms with Crippen LogP contribution >= 0.6 is 0 Å². The second-order valence-corrected chi connectivity index (χ2v) is 5.95. The maximum Gasteiger partial charge on any atom is 0.253 e. The molecule has 5 nitrogen and oxygen atoms in total. The maximum atomic E-state index is 12.6. The molecule has 0 saturated carbocycles. The first kappa shape index (κ1) is 14.4. The normalized spacial score (nSPS) is 25.2. The van der Waals surface area contributed by atoms with Gasteiger partial charge in [0, 0.05) is 26.7 Å². The standard InChI is InChI=1S/C16H23N3O2/c1-19-9-13(14(10-19)21-2)18-16(20)12-7-3-5-11-6-4-8-17-15(11)12/h3,5,7,13-14,17H,4,6,8-10H2,1-2H3,(H,18,20)/t13-,14-/m0/s1. The lowest BCUT2D eigenvalue weighted by molar-refractivity contribution is 0.0766. The molecule has 114 valence electrons. The van der Waals surface area contributed by atoms with E-state index in [1.807, 2.05) is 19.2 Å². The van der Waals surface area contributed by atoms with Gasteiger partial charge in [-0.25, -0.2) is 0 Å². The highest BCUT2D eigenvalue weighted by Gasteiger charge is 2.32. The number of likely N-dealkylation sites (tertiary alicyclic amines) is 1. The molecule has 0 aliphatic carbocycles. The van der Waals surface area contributed by atoms with Gasteiger partial charge in [0.1, 0.15) is 0 Å². The molecular weight excluding hydrogens is 266 g/mol. The van der Waals surface area contributed by atoms with Crippen molar-refractivity contribution < 1.29 is 9.53 Å². The summed E-state index contributed by atoms with van der Waals surface area (Å²) in [7, 11) is 3.75. The predicted molar refractivity (Wildman–Crippen MR) is 82.8 cm³/mol. The number of hydrogen-bond acceptors (Lipinski definition) is 4. The Hall–Kier alpha value is -1.59. The lowest BCUT2D eigenvalue weighted by Crippen LogP contribution is -2.43. The number of nitrogens with one attached hydrogen (secondary N) is 2. The van der Waals surface area contributed by atoms with Gasteiger partial charge in [-0.3, -0.25) is 4.79 Å². The van der Waals surface area contributed by atoms with Crippen molar-refractivity contribution in [2.75, 3.05) is 39.1 Å². The molecule has 21 heavy (non-hydrogen) atoms. The Morgan fingerprint density at radius 1 is 1.43 bits per heavy atom. The first-order chi connectivity index (χ1) is 10.2. The fraction of sp³-hybridized carbons (Fsp3) is 0.562. The summed E-state index contributed by atoms with van der Waals surface area (Å²) in [4.78, 5) is 14.8. The maximum absolute atomic E-state index is 12.6. The molecule has 3 rings (SSSR count). The predicted octanol–water partition coefficient (Wildman–Crippen LogP) is 1.10. The topological polar surface area (TPSA) is 53.6 Å². The molecule has 0 bridgehead atoms. The van der Waals surface area contributed by atoms with Gasteiger partial charge in [-0.05, 0) is 31.5 Å². The van der Waals surface area contributed by atoms with Crippen molar-refractivity contribution in [3.05, 3.63) is 29.3 Å². The number of hydrogen-bond donors (Lipinski definition) is 2. The van der Waals surface area contributed by atoms with Gasteiger partial charge in [-0.2, -0.15) is 0 Å². The van der Waals surface area contributed by atoms with Crippen LogP contribution in [0, 0.1) is 0 Å². The van der Waals surface area contributed by atoms with E-state index in [2.05, 4.69) is 21.6 Å². The van der Waals surface area contributed by atoms with E-state index in [1.165, 1.54) is 5.56 Å². The number of methoxy groups -OCH3 is 1. The smallest absolute Gasteiger partial charge is 0.253 e. The van der Waals surface area contributed by atoms with Crippen molar-refractivity contribution in [2.45, 2.75) is 25.0 Å². The monoisotopic (exact) mass is 289 g/mol. The van der Waals surface area contributed by atoms with Crippen molar-refractivity contribution >= 4 is 11.6 Å². The van der Waals surface area contributed by atoms with E-state index in [0.29, 0.717) is 0 Å². The number of carbonyl (C=O) groups is 1. The van der Waals surface area contributed by atoms with Crippen molar-refractivity contribution in [2.24, 2.45) is 0 Å². The van der Waals surface area contributed by atoms with Crippen LogP contribution in [-0.2, 0) is 11.2 Å². The lowest BCUT2D eigenvalue weighted by atomic mass is 9.99. The largest absolute Gasteiger partial charge is 0.384 e. The number of benzene rings is 1. The van der Waals surface area contributed by atoms with Crippen LogP contribution in [-0.4, -0.2) is 56.7 Å². The van der Waals surface area contributed by atoms with E-state index < -0.39 is 0 Å². The van der Waals surface area contributed by atoms with Gasteiger partial charge in [-0.15, -0.1) is 0 Å². The molecular formula is C16H23N3O2. The van der Waals surface area contributed by atoms with Crippen molar-refractivity contribution in [1.29, 1.82) is 0 Å². The third kappa shape index (κ3) is 2.89. The summed E-state index contributed by atoms with van der Waals surface area (Å²) >= 11 is 0. The summed E-state index contributed by atoms with van der Waals surface area (Å²) in [5.41, 5.74) is 2.99. The van der Waals surface area contributed by atoms with Gasteiger partial charge >= 0.3 is 0 Å². The zero-order valence-electron chi connectivity index (χ0n) is 12.7. The number of para-hydroxylation sites is 1. The molecule has 2 N–H and O–H groups in total. The van der Waals surface area contributed by atoms with Gasteiger partial charge < -0.3 is 20.3 Å². The van der Waals surface area contributed by atoms with E-state index >= 15 is 0 Å². The Kier molecular flexibility index (Phi) is 4.12. The lowest BCUT2D eigenvalue weighted by Gasteiger charge is -2.23. The minimum atomic E-state index is -0.0106. The second kappa shape index (κ2) is 6.03. The number of carbonyl (C=O) groups excluding carboxylic acids is 1. The zero-order valence-corrected chi connectivity index (χ0v) is 12.7. The summed E-state index contributed by atoms with van der Waals surface area (Å²) in [6.07, 6.45) is 2.22. The first-order valence-electron chi connectivity index (χ1n) is 7.57. The van der Waals surface area contributed by atoms with Crippen LogP contribution in [0.15, 0.2) is 18.2 Å². The summed E-state index contributed by atoms with van der Waals surface area (Å²) in [5, 5.41) is 6.50.